The molecule has 1 aromatic rings. The van der Waals surface area contributed by atoms with E-state index in [2.05, 4.69) is 28.9 Å². The van der Waals surface area contributed by atoms with Crippen molar-refractivity contribution < 1.29 is 9.90 Å². The predicted octanol–water partition coefficient (Wildman–Crippen LogP) is 2.22. The van der Waals surface area contributed by atoms with Gasteiger partial charge in [0.2, 0.25) is 0 Å². The molecule has 0 aromatic carbocycles. The van der Waals surface area contributed by atoms with E-state index in [0.29, 0.717) is 19.4 Å². The van der Waals surface area contributed by atoms with Crippen molar-refractivity contribution in [3.8, 4) is 0 Å². The highest BCUT2D eigenvalue weighted by atomic mass is 16.4. The van der Waals surface area contributed by atoms with Crippen molar-refractivity contribution in [3.05, 3.63) is 17.0 Å². The Kier molecular flexibility index (Phi) is 4.18. The third-order valence-corrected chi connectivity index (χ3v) is 4.59. The van der Waals surface area contributed by atoms with Crippen LogP contribution in [0.5, 0.6) is 0 Å². The lowest BCUT2D eigenvalue weighted by atomic mass is 9.97. The molecular formula is C15H25N3O2. The number of nitrogens with zero attached hydrogens (tertiary/aromatic N) is 2. The zero-order valence-electron chi connectivity index (χ0n) is 12.9. The molecule has 0 amide bonds. The second-order valence-electron chi connectivity index (χ2n) is 5.76. The molecule has 20 heavy (non-hydrogen) atoms. The lowest BCUT2D eigenvalue weighted by Gasteiger charge is -2.25. The number of carbonyl (C=O) groups is 1. The van der Waals surface area contributed by atoms with Gasteiger partial charge < -0.3 is 10.4 Å². The van der Waals surface area contributed by atoms with E-state index in [0.717, 1.165) is 18.5 Å². The number of nitrogens with one attached hydrogen (secondary N) is 1. The van der Waals surface area contributed by atoms with Crippen molar-refractivity contribution in [2.24, 2.45) is 0 Å². The Morgan fingerprint density at radius 1 is 1.50 bits per heavy atom. The maximum Gasteiger partial charge on any atom is 0.323 e. The first-order valence-corrected chi connectivity index (χ1v) is 7.48. The smallest absolute Gasteiger partial charge is 0.323 e. The van der Waals surface area contributed by atoms with Gasteiger partial charge in [-0.25, -0.2) is 0 Å². The maximum atomic E-state index is 11.6. The first-order chi connectivity index (χ1) is 9.45. The van der Waals surface area contributed by atoms with Crippen LogP contribution in [0.1, 0.15) is 56.1 Å². The Balaban J connectivity index is 2.27. The van der Waals surface area contributed by atoms with Gasteiger partial charge in [-0.1, -0.05) is 13.8 Å². The van der Waals surface area contributed by atoms with Crippen molar-refractivity contribution in [1.82, 2.24) is 15.1 Å². The number of aliphatic carboxylic acids is 1. The molecule has 0 saturated heterocycles. The summed E-state index contributed by atoms with van der Waals surface area (Å²) in [6, 6.07) is 0.184. The Hall–Kier alpha value is -1.36. The molecule has 2 atom stereocenters. The average Bonchev–Trinajstić information content (AvgIpc) is 2.93. The second kappa shape index (κ2) is 5.56. The van der Waals surface area contributed by atoms with Gasteiger partial charge in [0.25, 0.3) is 0 Å². The van der Waals surface area contributed by atoms with E-state index in [9.17, 15) is 9.90 Å². The fourth-order valence-electron chi connectivity index (χ4n) is 3.56. The lowest BCUT2D eigenvalue weighted by Crippen LogP contribution is -2.50. The minimum Gasteiger partial charge on any atom is -0.480 e. The normalized spacial score (nSPS) is 26.1. The third kappa shape index (κ3) is 2.35. The fourth-order valence-corrected chi connectivity index (χ4v) is 3.56. The summed E-state index contributed by atoms with van der Waals surface area (Å²) in [5, 5.41) is 17.4. The minimum absolute atomic E-state index is 0.184. The van der Waals surface area contributed by atoms with E-state index in [1.165, 1.54) is 11.3 Å². The number of carboxylic acids is 1. The standard InChI is InChI=1S/C15H25N3O2/c1-5-13-10(3)17-18(11(13)4)12-7-8-15(9-12,14(19)20)16-6-2/h12,16H,5-9H2,1-4H3,(H,19,20). The van der Waals surface area contributed by atoms with Crippen molar-refractivity contribution in [2.45, 2.75) is 65.0 Å². The summed E-state index contributed by atoms with van der Waals surface area (Å²) in [5.74, 6) is -0.737. The van der Waals surface area contributed by atoms with Gasteiger partial charge in [-0.15, -0.1) is 0 Å². The van der Waals surface area contributed by atoms with Crippen molar-refractivity contribution in [3.63, 3.8) is 0 Å². The van der Waals surface area contributed by atoms with Gasteiger partial charge in [0.05, 0.1) is 11.7 Å². The van der Waals surface area contributed by atoms with E-state index in [-0.39, 0.29) is 6.04 Å². The van der Waals surface area contributed by atoms with Gasteiger partial charge in [-0.05, 0) is 51.6 Å². The molecule has 2 N–H and O–H groups in total. The average molecular weight is 279 g/mol. The summed E-state index contributed by atoms with van der Waals surface area (Å²) in [7, 11) is 0. The van der Waals surface area contributed by atoms with Gasteiger partial charge >= 0.3 is 5.97 Å². The Morgan fingerprint density at radius 3 is 2.70 bits per heavy atom. The number of carboxylic acid groups (broad SMARTS) is 1. The van der Waals surface area contributed by atoms with E-state index in [1.807, 2.05) is 13.8 Å². The summed E-state index contributed by atoms with van der Waals surface area (Å²) in [4.78, 5) is 11.6. The van der Waals surface area contributed by atoms with E-state index >= 15 is 0 Å². The molecule has 5 nitrogen and oxygen atoms in total. The van der Waals surface area contributed by atoms with Gasteiger partial charge in [-0.2, -0.15) is 5.10 Å². The summed E-state index contributed by atoms with van der Waals surface area (Å²) in [6.07, 6.45) is 3.12. The molecule has 5 heteroatoms. The number of aromatic nitrogens is 2. The molecule has 0 aliphatic heterocycles. The van der Waals surface area contributed by atoms with E-state index < -0.39 is 11.5 Å². The number of rotatable bonds is 5. The highest BCUT2D eigenvalue weighted by molar-refractivity contribution is 5.79. The number of aryl methyl sites for hydroxylation is 1. The minimum atomic E-state index is -0.780. The molecule has 1 aliphatic rings. The summed E-state index contributed by atoms with van der Waals surface area (Å²) in [6.45, 7) is 8.89. The van der Waals surface area contributed by atoms with Crippen LogP contribution in [0.25, 0.3) is 0 Å². The monoisotopic (exact) mass is 279 g/mol. The fraction of sp³-hybridized carbons (Fsp3) is 0.733. The molecule has 1 aliphatic carbocycles. The summed E-state index contributed by atoms with van der Waals surface area (Å²) < 4.78 is 2.05. The van der Waals surface area contributed by atoms with E-state index in [4.69, 9.17) is 0 Å². The first kappa shape index (κ1) is 15.0. The number of hydrogen-bond donors (Lipinski definition) is 2. The van der Waals surface area contributed by atoms with Crippen molar-refractivity contribution in [2.75, 3.05) is 6.54 Å². The maximum absolute atomic E-state index is 11.6. The Morgan fingerprint density at radius 2 is 2.20 bits per heavy atom. The van der Waals surface area contributed by atoms with Crippen LogP contribution < -0.4 is 5.32 Å². The SMILES string of the molecule is CCNC1(C(=O)O)CCC(n2nc(C)c(CC)c2C)C1. The van der Waals surface area contributed by atoms with Crippen LogP contribution in [0.3, 0.4) is 0 Å². The second-order valence-corrected chi connectivity index (χ2v) is 5.76. The van der Waals surface area contributed by atoms with Crippen LogP contribution in [0, 0.1) is 13.8 Å². The molecule has 1 aromatic heterocycles. The third-order valence-electron chi connectivity index (χ3n) is 4.59. The zero-order chi connectivity index (χ0) is 14.9. The molecule has 0 radical (unpaired) electrons. The number of likely N-dealkylation sites (N-methyl/N-ethyl adjacent to an activating group) is 1. The molecule has 1 saturated carbocycles. The van der Waals surface area contributed by atoms with Gasteiger partial charge in [0, 0.05) is 5.69 Å². The topological polar surface area (TPSA) is 67.2 Å². The lowest BCUT2D eigenvalue weighted by molar-refractivity contribution is -0.144. The predicted molar refractivity (Wildman–Crippen MR) is 78.0 cm³/mol. The molecule has 112 valence electrons. The molecule has 1 heterocycles. The van der Waals surface area contributed by atoms with Crippen molar-refractivity contribution in [1.29, 1.82) is 0 Å². The summed E-state index contributed by atoms with van der Waals surface area (Å²) >= 11 is 0. The highest BCUT2D eigenvalue weighted by Crippen LogP contribution is 2.39. The van der Waals surface area contributed by atoms with E-state index in [1.54, 1.807) is 0 Å². The zero-order valence-corrected chi connectivity index (χ0v) is 12.9. The molecular weight excluding hydrogens is 254 g/mol. The van der Waals surface area contributed by atoms with Crippen LogP contribution in [0.2, 0.25) is 0 Å². The van der Waals surface area contributed by atoms with Crippen LogP contribution in [-0.4, -0.2) is 32.9 Å². The van der Waals surface area contributed by atoms with Gasteiger partial charge in [-0.3, -0.25) is 9.48 Å². The molecule has 2 unspecified atom stereocenters. The summed E-state index contributed by atoms with van der Waals surface area (Å²) in [5.41, 5.74) is 2.77. The number of hydrogen-bond acceptors (Lipinski definition) is 3. The highest BCUT2D eigenvalue weighted by Gasteiger charge is 2.46. The van der Waals surface area contributed by atoms with Crippen LogP contribution in [0.15, 0.2) is 0 Å². The first-order valence-electron chi connectivity index (χ1n) is 7.48. The van der Waals surface area contributed by atoms with Crippen LogP contribution in [-0.2, 0) is 11.2 Å². The van der Waals surface area contributed by atoms with Gasteiger partial charge in [0.15, 0.2) is 0 Å². The Labute approximate surface area is 120 Å². The molecule has 0 spiro atoms. The Bertz CT molecular complexity index is 509. The van der Waals surface area contributed by atoms with Gasteiger partial charge in [0.1, 0.15) is 5.54 Å². The molecule has 2 rings (SSSR count). The van der Waals surface area contributed by atoms with Crippen molar-refractivity contribution >= 4 is 5.97 Å². The van der Waals surface area contributed by atoms with Crippen LogP contribution in [0.4, 0.5) is 0 Å². The van der Waals surface area contributed by atoms with Crippen LogP contribution >= 0.6 is 0 Å². The molecule has 0 bridgehead atoms. The molecule has 1 fully saturated rings. The quantitative estimate of drug-likeness (QED) is 0.867. The largest absolute Gasteiger partial charge is 0.480 e.